The zero-order valence-electron chi connectivity index (χ0n) is 16.6. The number of furan rings is 1. The second-order valence-corrected chi connectivity index (χ2v) is 6.74. The van der Waals surface area contributed by atoms with Gasteiger partial charge in [-0.05, 0) is 50.1 Å². The van der Waals surface area contributed by atoms with Crippen molar-refractivity contribution in [3.8, 4) is 11.6 Å². The second-order valence-electron chi connectivity index (χ2n) is 6.74. The Morgan fingerprint density at radius 1 is 1.21 bits per heavy atom. The van der Waals surface area contributed by atoms with E-state index in [4.69, 9.17) is 9.15 Å². The van der Waals surface area contributed by atoms with Crippen LogP contribution in [0.3, 0.4) is 0 Å². The van der Waals surface area contributed by atoms with Gasteiger partial charge in [0, 0.05) is 23.8 Å². The number of ether oxygens (including phenoxy) is 1. The molecule has 3 heterocycles. The summed E-state index contributed by atoms with van der Waals surface area (Å²) in [5.41, 5.74) is 3.62. The fraction of sp³-hybridized carbons (Fsp3) is 0.227. The van der Waals surface area contributed by atoms with E-state index in [0.29, 0.717) is 24.3 Å². The SMILES string of the molecule is COc1cccc2cc(C(=O)NCCc3c(C)nn(-c4ccccn4)c3C)oc12. The standard InChI is InChI=1S/C22H22N4O3/c1-14-17(15(2)26(25-14)20-9-4-5-11-23-20)10-12-24-22(27)19-13-16-7-6-8-18(28-3)21(16)29-19/h4-9,11,13H,10,12H2,1-3H3,(H,24,27). The number of fused-ring (bicyclic) bond motifs is 1. The molecule has 1 amide bonds. The van der Waals surface area contributed by atoms with Gasteiger partial charge in [0.25, 0.3) is 5.91 Å². The number of carbonyl (C=O) groups is 1. The molecule has 0 unspecified atom stereocenters. The van der Waals surface area contributed by atoms with Crippen LogP contribution in [0.4, 0.5) is 0 Å². The van der Waals surface area contributed by atoms with E-state index in [9.17, 15) is 4.79 Å². The summed E-state index contributed by atoms with van der Waals surface area (Å²) in [6.07, 6.45) is 2.41. The Kier molecular flexibility index (Phi) is 5.03. The van der Waals surface area contributed by atoms with Crippen LogP contribution in [0, 0.1) is 13.8 Å². The molecule has 0 fully saturated rings. The molecular weight excluding hydrogens is 368 g/mol. The molecule has 0 aliphatic rings. The Balaban J connectivity index is 1.46. The van der Waals surface area contributed by atoms with Crippen LogP contribution in [0.1, 0.15) is 27.5 Å². The summed E-state index contributed by atoms with van der Waals surface area (Å²) in [4.78, 5) is 16.9. The Morgan fingerprint density at radius 2 is 2.07 bits per heavy atom. The van der Waals surface area contributed by atoms with Gasteiger partial charge < -0.3 is 14.5 Å². The monoisotopic (exact) mass is 390 g/mol. The maximum atomic E-state index is 12.5. The highest BCUT2D eigenvalue weighted by Crippen LogP contribution is 2.28. The number of amides is 1. The van der Waals surface area contributed by atoms with Crippen molar-refractivity contribution >= 4 is 16.9 Å². The number of para-hydroxylation sites is 1. The highest BCUT2D eigenvalue weighted by molar-refractivity contribution is 5.97. The molecule has 0 radical (unpaired) electrons. The van der Waals surface area contributed by atoms with Gasteiger partial charge in [0.1, 0.15) is 0 Å². The Hall–Kier alpha value is -3.61. The Bertz CT molecular complexity index is 1160. The maximum Gasteiger partial charge on any atom is 0.287 e. The largest absolute Gasteiger partial charge is 0.493 e. The minimum absolute atomic E-state index is 0.254. The van der Waals surface area contributed by atoms with E-state index in [-0.39, 0.29) is 11.7 Å². The molecule has 0 saturated heterocycles. The highest BCUT2D eigenvalue weighted by atomic mass is 16.5. The maximum absolute atomic E-state index is 12.5. The first-order chi connectivity index (χ1) is 14.1. The summed E-state index contributed by atoms with van der Waals surface area (Å²) >= 11 is 0. The molecule has 0 aliphatic carbocycles. The third kappa shape index (κ3) is 3.59. The number of nitrogens with zero attached hydrogens (tertiary/aromatic N) is 3. The van der Waals surface area contributed by atoms with Crippen LogP contribution in [-0.4, -0.2) is 34.3 Å². The molecule has 0 saturated carbocycles. The number of carbonyl (C=O) groups excluding carboxylic acids is 1. The molecule has 4 rings (SSSR count). The van der Waals surface area contributed by atoms with Crippen molar-refractivity contribution in [2.45, 2.75) is 20.3 Å². The van der Waals surface area contributed by atoms with Gasteiger partial charge in [-0.2, -0.15) is 5.10 Å². The van der Waals surface area contributed by atoms with Gasteiger partial charge in [0.15, 0.2) is 22.9 Å². The average molecular weight is 390 g/mol. The van der Waals surface area contributed by atoms with Crippen molar-refractivity contribution in [2.24, 2.45) is 0 Å². The van der Waals surface area contributed by atoms with Crippen molar-refractivity contribution in [1.29, 1.82) is 0 Å². The lowest BCUT2D eigenvalue weighted by Crippen LogP contribution is -2.25. The van der Waals surface area contributed by atoms with Crippen LogP contribution in [-0.2, 0) is 6.42 Å². The van der Waals surface area contributed by atoms with E-state index in [2.05, 4.69) is 15.4 Å². The van der Waals surface area contributed by atoms with Crippen molar-refractivity contribution in [2.75, 3.05) is 13.7 Å². The molecule has 0 aliphatic heterocycles. The van der Waals surface area contributed by atoms with E-state index < -0.39 is 0 Å². The lowest BCUT2D eigenvalue weighted by Gasteiger charge is -2.05. The Labute approximate surface area is 168 Å². The second kappa shape index (κ2) is 7.79. The van der Waals surface area contributed by atoms with E-state index in [1.165, 1.54) is 0 Å². The Morgan fingerprint density at radius 3 is 2.83 bits per heavy atom. The van der Waals surface area contributed by atoms with E-state index in [1.807, 2.05) is 48.9 Å². The zero-order chi connectivity index (χ0) is 20.4. The molecule has 1 N–H and O–H groups in total. The van der Waals surface area contributed by atoms with Crippen LogP contribution in [0.25, 0.3) is 16.8 Å². The van der Waals surface area contributed by atoms with Crippen LogP contribution in [0.2, 0.25) is 0 Å². The first kappa shape index (κ1) is 18.7. The number of nitrogens with one attached hydrogen (secondary N) is 1. The summed E-state index contributed by atoms with van der Waals surface area (Å²) < 4.78 is 12.8. The third-order valence-corrected chi connectivity index (χ3v) is 4.92. The van der Waals surface area contributed by atoms with E-state index in [1.54, 1.807) is 25.4 Å². The molecule has 7 heteroatoms. The summed E-state index contributed by atoms with van der Waals surface area (Å²) in [5, 5.41) is 8.35. The van der Waals surface area contributed by atoms with Gasteiger partial charge in [-0.15, -0.1) is 0 Å². The molecule has 0 bridgehead atoms. The number of aromatic nitrogens is 3. The van der Waals surface area contributed by atoms with E-state index >= 15 is 0 Å². The molecular formula is C22H22N4O3. The minimum Gasteiger partial charge on any atom is -0.493 e. The molecule has 148 valence electrons. The minimum atomic E-state index is -0.254. The summed E-state index contributed by atoms with van der Waals surface area (Å²) in [7, 11) is 1.58. The number of pyridine rings is 1. The van der Waals surface area contributed by atoms with Gasteiger partial charge in [0.2, 0.25) is 0 Å². The van der Waals surface area contributed by atoms with Crippen molar-refractivity contribution in [3.63, 3.8) is 0 Å². The molecule has 0 spiro atoms. The fourth-order valence-corrected chi connectivity index (χ4v) is 3.44. The van der Waals surface area contributed by atoms with Gasteiger partial charge in [-0.1, -0.05) is 18.2 Å². The fourth-order valence-electron chi connectivity index (χ4n) is 3.44. The van der Waals surface area contributed by atoms with Crippen LogP contribution >= 0.6 is 0 Å². The van der Waals surface area contributed by atoms with Gasteiger partial charge in [-0.3, -0.25) is 4.79 Å². The highest BCUT2D eigenvalue weighted by Gasteiger charge is 2.16. The van der Waals surface area contributed by atoms with Gasteiger partial charge in [-0.25, -0.2) is 9.67 Å². The van der Waals surface area contributed by atoms with Crippen LogP contribution < -0.4 is 10.1 Å². The normalized spacial score (nSPS) is 11.0. The van der Waals surface area contributed by atoms with Crippen LogP contribution in [0.15, 0.2) is 53.1 Å². The van der Waals surface area contributed by atoms with Crippen molar-refractivity contribution < 1.29 is 13.9 Å². The number of methoxy groups -OCH3 is 1. The quantitative estimate of drug-likeness (QED) is 0.544. The lowest BCUT2D eigenvalue weighted by atomic mass is 10.1. The summed E-state index contributed by atoms with van der Waals surface area (Å²) in [6.45, 7) is 4.45. The smallest absolute Gasteiger partial charge is 0.287 e. The predicted octanol–water partition coefficient (Wildman–Crippen LogP) is 3.61. The zero-order valence-corrected chi connectivity index (χ0v) is 16.6. The number of hydrogen-bond donors (Lipinski definition) is 1. The third-order valence-electron chi connectivity index (χ3n) is 4.92. The number of benzene rings is 1. The molecule has 29 heavy (non-hydrogen) atoms. The number of aryl methyl sites for hydroxylation is 1. The average Bonchev–Trinajstić information content (AvgIpc) is 3.30. The lowest BCUT2D eigenvalue weighted by molar-refractivity contribution is 0.0928. The molecule has 0 atom stereocenters. The first-order valence-corrected chi connectivity index (χ1v) is 9.39. The number of hydrogen-bond acceptors (Lipinski definition) is 5. The first-order valence-electron chi connectivity index (χ1n) is 9.39. The summed E-state index contributed by atoms with van der Waals surface area (Å²) in [6, 6.07) is 13.0. The summed E-state index contributed by atoms with van der Waals surface area (Å²) in [5.74, 6) is 1.40. The topological polar surface area (TPSA) is 82.2 Å². The molecule has 7 nitrogen and oxygen atoms in total. The van der Waals surface area contributed by atoms with Gasteiger partial charge in [0.05, 0.1) is 12.8 Å². The predicted molar refractivity (Wildman–Crippen MR) is 110 cm³/mol. The van der Waals surface area contributed by atoms with E-state index in [0.717, 1.165) is 28.2 Å². The van der Waals surface area contributed by atoms with Gasteiger partial charge >= 0.3 is 0 Å². The van der Waals surface area contributed by atoms with Crippen molar-refractivity contribution in [3.05, 3.63) is 71.4 Å². The molecule has 3 aromatic heterocycles. The van der Waals surface area contributed by atoms with Crippen molar-refractivity contribution in [1.82, 2.24) is 20.1 Å². The number of rotatable bonds is 6. The van der Waals surface area contributed by atoms with Crippen LogP contribution in [0.5, 0.6) is 5.75 Å². The molecule has 1 aromatic carbocycles. The molecule has 4 aromatic rings.